The highest BCUT2D eigenvalue weighted by molar-refractivity contribution is 5.65. The number of amides is 1. The van der Waals surface area contributed by atoms with Gasteiger partial charge in [0, 0.05) is 33.3 Å². The van der Waals surface area contributed by atoms with Crippen molar-refractivity contribution < 1.29 is 14.6 Å². The van der Waals surface area contributed by atoms with Crippen molar-refractivity contribution in [2.45, 2.75) is 18.9 Å². The van der Waals surface area contributed by atoms with Crippen molar-refractivity contribution in [3.63, 3.8) is 0 Å². The van der Waals surface area contributed by atoms with E-state index in [0.717, 1.165) is 45.6 Å². The van der Waals surface area contributed by atoms with Gasteiger partial charge in [0.2, 0.25) is 0 Å². The van der Waals surface area contributed by atoms with E-state index in [9.17, 15) is 4.79 Å². The van der Waals surface area contributed by atoms with Gasteiger partial charge in [-0.3, -0.25) is 0 Å². The minimum Gasteiger partial charge on any atom is -0.465 e. The van der Waals surface area contributed by atoms with Crippen molar-refractivity contribution in [1.29, 1.82) is 0 Å². The van der Waals surface area contributed by atoms with Gasteiger partial charge in [-0.1, -0.05) is 0 Å². The SMILES string of the molecule is COC1CCN(CCC2CN(C(=O)O)C2)C1. The number of methoxy groups -OCH3 is 1. The van der Waals surface area contributed by atoms with E-state index in [4.69, 9.17) is 9.84 Å². The number of hydrogen-bond acceptors (Lipinski definition) is 3. The summed E-state index contributed by atoms with van der Waals surface area (Å²) < 4.78 is 5.31. The maximum atomic E-state index is 10.6. The lowest BCUT2D eigenvalue weighted by Gasteiger charge is -2.37. The van der Waals surface area contributed by atoms with E-state index in [1.54, 1.807) is 7.11 Å². The summed E-state index contributed by atoms with van der Waals surface area (Å²) >= 11 is 0. The molecule has 16 heavy (non-hydrogen) atoms. The van der Waals surface area contributed by atoms with Gasteiger partial charge in [-0.05, 0) is 25.3 Å². The van der Waals surface area contributed by atoms with Crippen LogP contribution in [-0.4, -0.2) is 66.9 Å². The minimum atomic E-state index is -0.781. The molecule has 0 aliphatic carbocycles. The van der Waals surface area contributed by atoms with Crippen molar-refractivity contribution in [2.75, 3.05) is 39.8 Å². The third-order valence-electron chi connectivity index (χ3n) is 3.64. The van der Waals surface area contributed by atoms with E-state index in [1.807, 2.05) is 0 Å². The Morgan fingerprint density at radius 2 is 2.19 bits per heavy atom. The van der Waals surface area contributed by atoms with E-state index >= 15 is 0 Å². The van der Waals surface area contributed by atoms with Gasteiger partial charge in [-0.2, -0.15) is 0 Å². The molecule has 1 atom stereocenters. The average Bonchev–Trinajstić information content (AvgIpc) is 2.62. The van der Waals surface area contributed by atoms with E-state index in [2.05, 4.69) is 4.90 Å². The molecule has 1 amide bonds. The van der Waals surface area contributed by atoms with Crippen LogP contribution < -0.4 is 0 Å². The van der Waals surface area contributed by atoms with Gasteiger partial charge in [-0.15, -0.1) is 0 Å². The Balaban J connectivity index is 1.58. The van der Waals surface area contributed by atoms with Crippen molar-refractivity contribution in [3.8, 4) is 0 Å². The molecule has 0 aromatic heterocycles. The fraction of sp³-hybridized carbons (Fsp3) is 0.909. The summed E-state index contributed by atoms with van der Waals surface area (Å²) in [6.07, 6.45) is 1.86. The van der Waals surface area contributed by atoms with Crippen molar-refractivity contribution in [2.24, 2.45) is 5.92 Å². The molecule has 2 fully saturated rings. The molecule has 2 heterocycles. The highest BCUT2D eigenvalue weighted by Gasteiger charge is 2.31. The van der Waals surface area contributed by atoms with Gasteiger partial charge in [-0.25, -0.2) is 4.79 Å². The quantitative estimate of drug-likeness (QED) is 0.770. The Morgan fingerprint density at radius 3 is 2.75 bits per heavy atom. The molecule has 2 aliphatic rings. The molecule has 0 aromatic rings. The monoisotopic (exact) mass is 228 g/mol. The first-order chi connectivity index (χ1) is 7.69. The van der Waals surface area contributed by atoms with Gasteiger partial charge in [0.1, 0.15) is 0 Å². The van der Waals surface area contributed by atoms with Crippen LogP contribution >= 0.6 is 0 Å². The summed E-state index contributed by atoms with van der Waals surface area (Å²) in [5, 5.41) is 8.70. The zero-order valence-corrected chi connectivity index (χ0v) is 9.76. The van der Waals surface area contributed by atoms with Crippen LogP contribution in [0.4, 0.5) is 4.79 Å². The summed E-state index contributed by atoms with van der Waals surface area (Å²) in [7, 11) is 1.77. The maximum absolute atomic E-state index is 10.6. The Bertz CT molecular complexity index is 254. The van der Waals surface area contributed by atoms with Crippen LogP contribution in [0, 0.1) is 5.92 Å². The third kappa shape index (κ3) is 2.65. The van der Waals surface area contributed by atoms with E-state index in [-0.39, 0.29) is 0 Å². The zero-order chi connectivity index (χ0) is 11.5. The van der Waals surface area contributed by atoms with Crippen molar-refractivity contribution in [1.82, 2.24) is 9.80 Å². The van der Waals surface area contributed by atoms with Crippen LogP contribution in [0.15, 0.2) is 0 Å². The standard InChI is InChI=1S/C11H20N2O3/c1-16-10-3-5-12(8-10)4-2-9-6-13(7-9)11(14)15/h9-10H,2-8H2,1H3,(H,14,15). The first kappa shape index (κ1) is 11.7. The Hall–Kier alpha value is -0.810. The number of carbonyl (C=O) groups is 1. The lowest BCUT2D eigenvalue weighted by Crippen LogP contribution is -2.50. The van der Waals surface area contributed by atoms with Gasteiger partial charge in [0.05, 0.1) is 6.10 Å². The highest BCUT2D eigenvalue weighted by Crippen LogP contribution is 2.20. The predicted molar refractivity (Wildman–Crippen MR) is 59.6 cm³/mol. The Kier molecular flexibility index (Phi) is 3.66. The van der Waals surface area contributed by atoms with Crippen LogP contribution in [0.1, 0.15) is 12.8 Å². The largest absolute Gasteiger partial charge is 0.465 e. The van der Waals surface area contributed by atoms with E-state index in [1.165, 1.54) is 4.90 Å². The molecule has 0 radical (unpaired) electrons. The number of hydrogen-bond donors (Lipinski definition) is 1. The fourth-order valence-electron chi connectivity index (χ4n) is 2.47. The summed E-state index contributed by atoms with van der Waals surface area (Å²) in [6, 6.07) is 0. The first-order valence-corrected chi connectivity index (χ1v) is 5.92. The molecular weight excluding hydrogens is 208 g/mol. The van der Waals surface area contributed by atoms with Crippen LogP contribution in [0.2, 0.25) is 0 Å². The van der Waals surface area contributed by atoms with Gasteiger partial charge < -0.3 is 19.6 Å². The van der Waals surface area contributed by atoms with Gasteiger partial charge in [0.15, 0.2) is 0 Å². The molecule has 0 aromatic carbocycles. The van der Waals surface area contributed by atoms with Crippen molar-refractivity contribution in [3.05, 3.63) is 0 Å². The molecule has 0 bridgehead atoms. The first-order valence-electron chi connectivity index (χ1n) is 5.92. The van der Waals surface area contributed by atoms with E-state index < -0.39 is 6.09 Å². The molecule has 2 saturated heterocycles. The Morgan fingerprint density at radius 1 is 1.44 bits per heavy atom. The second kappa shape index (κ2) is 5.01. The summed E-state index contributed by atoms with van der Waals surface area (Å²) in [4.78, 5) is 14.5. The zero-order valence-electron chi connectivity index (χ0n) is 9.76. The molecule has 1 unspecified atom stereocenters. The number of likely N-dealkylation sites (tertiary alicyclic amines) is 2. The number of ether oxygens (including phenoxy) is 1. The topological polar surface area (TPSA) is 53.0 Å². The fourth-order valence-corrected chi connectivity index (χ4v) is 2.47. The summed E-state index contributed by atoms with van der Waals surface area (Å²) in [5.41, 5.74) is 0. The second-order valence-electron chi connectivity index (χ2n) is 4.79. The van der Waals surface area contributed by atoms with Crippen molar-refractivity contribution >= 4 is 6.09 Å². The second-order valence-corrected chi connectivity index (χ2v) is 4.79. The molecule has 1 N–H and O–H groups in total. The van der Waals surface area contributed by atoms with Crippen LogP contribution in [0.25, 0.3) is 0 Å². The van der Waals surface area contributed by atoms with Gasteiger partial charge in [0.25, 0.3) is 0 Å². The highest BCUT2D eigenvalue weighted by atomic mass is 16.5. The number of rotatable bonds is 4. The number of carboxylic acid groups (broad SMARTS) is 1. The molecular formula is C11H20N2O3. The third-order valence-corrected chi connectivity index (χ3v) is 3.64. The smallest absolute Gasteiger partial charge is 0.407 e. The lowest BCUT2D eigenvalue weighted by atomic mass is 9.97. The number of nitrogens with zero attached hydrogens (tertiary/aromatic N) is 2. The molecule has 92 valence electrons. The lowest BCUT2D eigenvalue weighted by molar-refractivity contribution is 0.0716. The van der Waals surface area contributed by atoms with E-state index in [0.29, 0.717) is 12.0 Å². The average molecular weight is 228 g/mol. The summed E-state index contributed by atoms with van der Waals surface area (Å²) in [6.45, 7) is 4.67. The van der Waals surface area contributed by atoms with Crippen LogP contribution in [-0.2, 0) is 4.74 Å². The van der Waals surface area contributed by atoms with Crippen LogP contribution in [0.3, 0.4) is 0 Å². The molecule has 0 saturated carbocycles. The summed E-state index contributed by atoms with van der Waals surface area (Å²) in [5.74, 6) is 0.567. The van der Waals surface area contributed by atoms with Gasteiger partial charge >= 0.3 is 6.09 Å². The molecule has 5 heteroatoms. The normalized spacial score (nSPS) is 27.1. The molecule has 0 spiro atoms. The van der Waals surface area contributed by atoms with Crippen LogP contribution in [0.5, 0.6) is 0 Å². The predicted octanol–water partition coefficient (Wildman–Crippen LogP) is 0.707. The molecule has 2 aliphatic heterocycles. The minimum absolute atomic E-state index is 0.400. The maximum Gasteiger partial charge on any atom is 0.407 e. The molecule has 5 nitrogen and oxygen atoms in total. The Labute approximate surface area is 96.0 Å². The molecule has 2 rings (SSSR count).